The molecule has 18 heavy (non-hydrogen) atoms. The molecule has 1 fully saturated rings. The highest BCUT2D eigenvalue weighted by Crippen LogP contribution is 2.16. The summed E-state index contributed by atoms with van der Waals surface area (Å²) in [4.78, 5) is 4.14. The van der Waals surface area contributed by atoms with E-state index < -0.39 is 0 Å². The fraction of sp³-hybridized carbons (Fsp3) is 0.733. The molecule has 2 rings (SSSR count). The molecular weight excluding hydrogens is 240 g/mol. The van der Waals surface area contributed by atoms with Crippen LogP contribution in [-0.2, 0) is 6.54 Å². The summed E-state index contributed by atoms with van der Waals surface area (Å²) in [6.07, 6.45) is 5.60. The van der Waals surface area contributed by atoms with Gasteiger partial charge in [-0.25, -0.2) is 0 Å². The lowest BCUT2D eigenvalue weighted by Gasteiger charge is -2.26. The molecule has 0 radical (unpaired) electrons. The third-order valence-corrected chi connectivity index (χ3v) is 5.04. The topological polar surface area (TPSA) is 15.3 Å². The molecule has 0 saturated carbocycles. The number of hydrogen-bond acceptors (Lipinski definition) is 3. The number of thiophene rings is 1. The SMILES string of the molecule is Cc1ccsc1CNCCN1CCCCCC1C. The molecule has 0 bridgehead atoms. The van der Waals surface area contributed by atoms with E-state index in [4.69, 9.17) is 0 Å². The minimum absolute atomic E-state index is 0.776. The highest BCUT2D eigenvalue weighted by molar-refractivity contribution is 7.10. The van der Waals surface area contributed by atoms with Crippen molar-refractivity contribution in [1.82, 2.24) is 10.2 Å². The Kier molecular flexibility index (Phi) is 5.67. The van der Waals surface area contributed by atoms with E-state index >= 15 is 0 Å². The highest BCUT2D eigenvalue weighted by Gasteiger charge is 2.15. The van der Waals surface area contributed by atoms with Crippen molar-refractivity contribution in [3.63, 3.8) is 0 Å². The van der Waals surface area contributed by atoms with Gasteiger partial charge in [-0.15, -0.1) is 11.3 Å². The third kappa shape index (κ3) is 4.08. The van der Waals surface area contributed by atoms with E-state index in [0.717, 1.165) is 19.1 Å². The molecule has 0 aliphatic carbocycles. The summed E-state index contributed by atoms with van der Waals surface area (Å²) in [6, 6.07) is 2.98. The van der Waals surface area contributed by atoms with Gasteiger partial charge in [0.15, 0.2) is 0 Å². The summed E-state index contributed by atoms with van der Waals surface area (Å²) >= 11 is 1.86. The van der Waals surface area contributed by atoms with Gasteiger partial charge in [0, 0.05) is 30.6 Å². The van der Waals surface area contributed by atoms with Crippen LogP contribution >= 0.6 is 11.3 Å². The largest absolute Gasteiger partial charge is 0.311 e. The van der Waals surface area contributed by atoms with E-state index in [0.29, 0.717) is 0 Å². The summed E-state index contributed by atoms with van der Waals surface area (Å²) in [7, 11) is 0. The van der Waals surface area contributed by atoms with Crippen molar-refractivity contribution < 1.29 is 0 Å². The van der Waals surface area contributed by atoms with Gasteiger partial charge in [-0.05, 0) is 50.2 Å². The maximum absolute atomic E-state index is 3.59. The average Bonchev–Trinajstić information content (AvgIpc) is 2.65. The Bertz CT molecular complexity index is 348. The first-order valence-corrected chi connectivity index (χ1v) is 8.13. The molecule has 1 N–H and O–H groups in total. The van der Waals surface area contributed by atoms with Crippen LogP contribution in [0.2, 0.25) is 0 Å². The third-order valence-electron chi connectivity index (χ3n) is 4.02. The standard InChI is InChI=1S/C15H26N2S/c1-13-7-11-18-15(13)12-16-8-10-17-9-5-3-4-6-14(17)2/h7,11,14,16H,3-6,8-10,12H2,1-2H3. The van der Waals surface area contributed by atoms with Crippen molar-refractivity contribution in [3.8, 4) is 0 Å². The van der Waals surface area contributed by atoms with Crippen molar-refractivity contribution in [3.05, 3.63) is 21.9 Å². The molecule has 1 aromatic heterocycles. The first-order chi connectivity index (χ1) is 8.77. The monoisotopic (exact) mass is 266 g/mol. The molecule has 102 valence electrons. The van der Waals surface area contributed by atoms with Crippen molar-refractivity contribution in [2.24, 2.45) is 0 Å². The van der Waals surface area contributed by atoms with Crippen LogP contribution in [0.3, 0.4) is 0 Å². The predicted molar refractivity (Wildman–Crippen MR) is 80.3 cm³/mol. The van der Waals surface area contributed by atoms with Crippen LogP contribution in [0.4, 0.5) is 0 Å². The maximum atomic E-state index is 3.59. The summed E-state index contributed by atoms with van der Waals surface area (Å²) in [6.45, 7) is 9.22. The van der Waals surface area contributed by atoms with Crippen LogP contribution in [0.1, 0.15) is 43.0 Å². The molecule has 1 atom stereocenters. The van der Waals surface area contributed by atoms with Crippen LogP contribution in [0.5, 0.6) is 0 Å². The van der Waals surface area contributed by atoms with Gasteiger partial charge in [0.25, 0.3) is 0 Å². The number of nitrogens with one attached hydrogen (secondary N) is 1. The molecule has 0 amide bonds. The predicted octanol–water partition coefficient (Wildman–Crippen LogP) is 3.41. The fourth-order valence-corrected chi connectivity index (χ4v) is 3.55. The fourth-order valence-electron chi connectivity index (χ4n) is 2.68. The average molecular weight is 266 g/mol. The molecule has 2 nitrogen and oxygen atoms in total. The second-order valence-electron chi connectivity index (χ2n) is 5.44. The lowest BCUT2D eigenvalue weighted by molar-refractivity contribution is 0.214. The molecular formula is C15H26N2S. The highest BCUT2D eigenvalue weighted by atomic mass is 32.1. The number of nitrogens with zero attached hydrogens (tertiary/aromatic N) is 1. The molecule has 1 unspecified atom stereocenters. The van der Waals surface area contributed by atoms with Crippen molar-refractivity contribution >= 4 is 11.3 Å². The Labute approximate surface area is 115 Å². The zero-order chi connectivity index (χ0) is 12.8. The smallest absolute Gasteiger partial charge is 0.0302 e. The summed E-state index contributed by atoms with van der Waals surface area (Å²) in [5.74, 6) is 0. The van der Waals surface area contributed by atoms with Gasteiger partial charge >= 0.3 is 0 Å². The Morgan fingerprint density at radius 3 is 3.06 bits per heavy atom. The molecule has 1 aliphatic heterocycles. The van der Waals surface area contributed by atoms with E-state index in [1.807, 2.05) is 11.3 Å². The van der Waals surface area contributed by atoms with Crippen molar-refractivity contribution in [1.29, 1.82) is 0 Å². The molecule has 0 spiro atoms. The Hall–Kier alpha value is -0.380. The zero-order valence-electron chi connectivity index (χ0n) is 11.7. The Morgan fingerprint density at radius 2 is 2.28 bits per heavy atom. The number of likely N-dealkylation sites (tertiary alicyclic amines) is 1. The lowest BCUT2D eigenvalue weighted by Crippen LogP contribution is -2.37. The summed E-state index contributed by atoms with van der Waals surface area (Å²) in [5.41, 5.74) is 1.43. The Morgan fingerprint density at radius 1 is 1.39 bits per heavy atom. The first kappa shape index (κ1) is 14.0. The molecule has 2 heterocycles. The summed E-state index contributed by atoms with van der Waals surface area (Å²) in [5, 5.41) is 5.77. The van der Waals surface area contributed by atoms with Crippen LogP contribution < -0.4 is 5.32 Å². The number of rotatable bonds is 5. The van der Waals surface area contributed by atoms with Crippen LogP contribution in [0.15, 0.2) is 11.4 Å². The van der Waals surface area contributed by atoms with Gasteiger partial charge in [0.05, 0.1) is 0 Å². The summed E-state index contributed by atoms with van der Waals surface area (Å²) < 4.78 is 0. The second kappa shape index (κ2) is 7.27. The molecule has 3 heteroatoms. The minimum atomic E-state index is 0.776. The van der Waals surface area contributed by atoms with Gasteiger partial charge in [-0.1, -0.05) is 12.8 Å². The molecule has 1 aliphatic rings. The van der Waals surface area contributed by atoms with Crippen molar-refractivity contribution in [2.45, 2.75) is 52.1 Å². The van der Waals surface area contributed by atoms with Crippen LogP contribution in [0.25, 0.3) is 0 Å². The first-order valence-electron chi connectivity index (χ1n) is 7.25. The zero-order valence-corrected chi connectivity index (χ0v) is 12.6. The van der Waals surface area contributed by atoms with Crippen molar-refractivity contribution in [2.75, 3.05) is 19.6 Å². The number of hydrogen-bond donors (Lipinski definition) is 1. The normalized spacial score (nSPS) is 22.0. The van der Waals surface area contributed by atoms with E-state index in [2.05, 4.69) is 35.5 Å². The molecule has 0 aromatic carbocycles. The van der Waals surface area contributed by atoms with E-state index in [9.17, 15) is 0 Å². The van der Waals surface area contributed by atoms with E-state index in [1.54, 1.807) is 0 Å². The minimum Gasteiger partial charge on any atom is -0.311 e. The second-order valence-corrected chi connectivity index (χ2v) is 6.44. The molecule has 1 saturated heterocycles. The van der Waals surface area contributed by atoms with E-state index in [1.165, 1.54) is 49.2 Å². The van der Waals surface area contributed by atoms with Gasteiger partial charge < -0.3 is 5.32 Å². The lowest BCUT2D eigenvalue weighted by atomic mass is 10.1. The van der Waals surface area contributed by atoms with Gasteiger partial charge in [0.2, 0.25) is 0 Å². The molecule has 1 aromatic rings. The maximum Gasteiger partial charge on any atom is 0.0302 e. The van der Waals surface area contributed by atoms with Gasteiger partial charge in [-0.3, -0.25) is 4.90 Å². The van der Waals surface area contributed by atoms with Gasteiger partial charge in [0.1, 0.15) is 0 Å². The van der Waals surface area contributed by atoms with Gasteiger partial charge in [-0.2, -0.15) is 0 Å². The van der Waals surface area contributed by atoms with Crippen LogP contribution in [0, 0.1) is 6.92 Å². The number of aryl methyl sites for hydroxylation is 1. The Balaban J connectivity index is 1.67. The quantitative estimate of drug-likeness (QED) is 0.822. The van der Waals surface area contributed by atoms with E-state index in [-0.39, 0.29) is 0 Å². The van der Waals surface area contributed by atoms with Crippen LogP contribution in [-0.4, -0.2) is 30.6 Å².